The molecule has 0 unspecified atom stereocenters. The van der Waals surface area contributed by atoms with Gasteiger partial charge in [-0.05, 0) is 36.2 Å². The summed E-state index contributed by atoms with van der Waals surface area (Å²) in [4.78, 5) is 30.9. The Kier molecular flexibility index (Phi) is 5.09. The molecule has 0 aliphatic heterocycles. The van der Waals surface area contributed by atoms with E-state index in [1.54, 1.807) is 16.7 Å². The highest BCUT2D eigenvalue weighted by Crippen LogP contribution is 2.21. The molecule has 3 heterocycles. The Balaban J connectivity index is 1.83. The largest absolute Gasteiger partial charge is 0.396 e. The lowest BCUT2D eigenvalue weighted by Crippen LogP contribution is -2.40. The third-order valence-electron chi connectivity index (χ3n) is 5.55. The van der Waals surface area contributed by atoms with E-state index in [1.807, 2.05) is 24.3 Å². The lowest BCUT2D eigenvalue weighted by molar-refractivity contribution is 0.277. The fraction of sp³-hybridized carbons (Fsp3) is 0.227. The van der Waals surface area contributed by atoms with E-state index in [2.05, 4.69) is 15.3 Å². The van der Waals surface area contributed by atoms with Gasteiger partial charge in [-0.3, -0.25) is 18.5 Å². The van der Waals surface area contributed by atoms with Gasteiger partial charge in [0.15, 0.2) is 11.2 Å². The molecule has 0 spiro atoms. The van der Waals surface area contributed by atoms with E-state index in [0.29, 0.717) is 17.0 Å². The molecule has 1 N–H and O–H groups in total. The Bertz CT molecular complexity index is 1600. The molecule has 3 aromatic heterocycles. The molecule has 0 saturated carbocycles. The predicted octanol–water partition coefficient (Wildman–Crippen LogP) is 1.20. The van der Waals surface area contributed by atoms with Crippen LogP contribution in [0.4, 0.5) is 4.39 Å². The number of halogens is 1. The lowest BCUT2D eigenvalue weighted by Gasteiger charge is -2.11. The van der Waals surface area contributed by atoms with Crippen LogP contribution in [0.2, 0.25) is 0 Å². The van der Waals surface area contributed by atoms with Gasteiger partial charge in [-0.2, -0.15) is 9.67 Å². The first kappa shape index (κ1) is 20.8. The number of hydrogen-bond donors (Lipinski definition) is 1. The SMILES string of the molecule is Cn1c(=O)n(CCCO)c(=O)c2c1nc(-n1nnc3ccccc31)n2Cc1ccc(F)cc1. The van der Waals surface area contributed by atoms with E-state index in [-0.39, 0.29) is 43.1 Å². The fourth-order valence-corrected chi connectivity index (χ4v) is 3.89. The smallest absolute Gasteiger partial charge is 0.332 e. The molecule has 0 fully saturated rings. The Morgan fingerprint density at radius 2 is 1.79 bits per heavy atom. The third-order valence-corrected chi connectivity index (χ3v) is 5.55. The first-order valence-electron chi connectivity index (χ1n) is 10.4. The highest BCUT2D eigenvalue weighted by Gasteiger charge is 2.23. The molecule has 11 heteroatoms. The van der Waals surface area contributed by atoms with Crippen molar-refractivity contribution in [3.8, 4) is 5.95 Å². The number of fused-ring (bicyclic) bond motifs is 2. The molecule has 0 bridgehead atoms. The monoisotopic (exact) mass is 449 g/mol. The first-order chi connectivity index (χ1) is 16.0. The van der Waals surface area contributed by atoms with Crippen LogP contribution in [0.1, 0.15) is 12.0 Å². The van der Waals surface area contributed by atoms with E-state index in [1.165, 1.54) is 28.4 Å². The Hall–Kier alpha value is -4.12. The maximum absolute atomic E-state index is 13.5. The minimum absolute atomic E-state index is 0.0707. The number of para-hydroxylation sites is 1. The molecule has 5 rings (SSSR count). The van der Waals surface area contributed by atoms with Crippen LogP contribution in [0.5, 0.6) is 0 Å². The summed E-state index contributed by atoms with van der Waals surface area (Å²) in [5.41, 5.74) is 1.41. The van der Waals surface area contributed by atoms with Crippen molar-refractivity contribution in [3.63, 3.8) is 0 Å². The van der Waals surface area contributed by atoms with Gasteiger partial charge in [0.05, 0.1) is 12.1 Å². The first-order valence-corrected chi connectivity index (χ1v) is 10.4. The highest BCUT2D eigenvalue weighted by atomic mass is 19.1. The minimum Gasteiger partial charge on any atom is -0.396 e. The van der Waals surface area contributed by atoms with Gasteiger partial charge < -0.3 is 5.11 Å². The number of nitrogens with zero attached hydrogens (tertiary/aromatic N) is 7. The van der Waals surface area contributed by atoms with Crippen molar-refractivity contribution in [2.75, 3.05) is 6.61 Å². The van der Waals surface area contributed by atoms with Crippen LogP contribution < -0.4 is 11.2 Å². The summed E-state index contributed by atoms with van der Waals surface area (Å²) in [5.74, 6) is -0.0690. The van der Waals surface area contributed by atoms with E-state index < -0.39 is 11.2 Å². The number of imidazole rings is 1. The summed E-state index contributed by atoms with van der Waals surface area (Å²) < 4.78 is 19.0. The third kappa shape index (κ3) is 3.42. The van der Waals surface area contributed by atoms with Crippen LogP contribution in [-0.2, 0) is 20.1 Å². The molecule has 33 heavy (non-hydrogen) atoms. The fourth-order valence-electron chi connectivity index (χ4n) is 3.89. The Morgan fingerprint density at radius 3 is 2.55 bits per heavy atom. The molecule has 10 nitrogen and oxygen atoms in total. The molecule has 0 amide bonds. The minimum atomic E-state index is -0.526. The van der Waals surface area contributed by atoms with Crippen LogP contribution in [0.25, 0.3) is 28.1 Å². The van der Waals surface area contributed by atoms with Gasteiger partial charge >= 0.3 is 5.69 Å². The topological polar surface area (TPSA) is 113 Å². The summed E-state index contributed by atoms with van der Waals surface area (Å²) in [5, 5.41) is 17.6. The maximum atomic E-state index is 13.5. The predicted molar refractivity (Wildman–Crippen MR) is 119 cm³/mol. The Labute approximate surface area is 185 Å². The van der Waals surface area contributed by atoms with Gasteiger partial charge in [0, 0.05) is 20.2 Å². The lowest BCUT2D eigenvalue weighted by atomic mass is 10.2. The number of benzene rings is 2. The van der Waals surface area contributed by atoms with Crippen molar-refractivity contribution < 1.29 is 9.50 Å². The number of aromatic nitrogens is 7. The average Bonchev–Trinajstić information content (AvgIpc) is 3.41. The van der Waals surface area contributed by atoms with Crippen LogP contribution in [-0.4, -0.2) is 45.4 Å². The summed E-state index contributed by atoms with van der Waals surface area (Å²) >= 11 is 0. The van der Waals surface area contributed by atoms with E-state index in [9.17, 15) is 19.1 Å². The second kappa shape index (κ2) is 8.10. The summed E-state index contributed by atoms with van der Waals surface area (Å²) in [7, 11) is 1.54. The molecule has 2 aromatic carbocycles. The van der Waals surface area contributed by atoms with Crippen molar-refractivity contribution >= 4 is 22.2 Å². The van der Waals surface area contributed by atoms with Crippen molar-refractivity contribution in [3.05, 3.63) is 80.7 Å². The molecule has 0 aliphatic rings. The zero-order valence-corrected chi connectivity index (χ0v) is 17.7. The molecule has 0 radical (unpaired) electrons. The van der Waals surface area contributed by atoms with Crippen LogP contribution in [0.3, 0.4) is 0 Å². The molecular formula is C22H20FN7O3. The molecule has 168 valence electrons. The van der Waals surface area contributed by atoms with E-state index in [4.69, 9.17) is 0 Å². The van der Waals surface area contributed by atoms with Gasteiger partial charge in [0.1, 0.15) is 11.3 Å². The second-order valence-electron chi connectivity index (χ2n) is 7.66. The van der Waals surface area contributed by atoms with E-state index in [0.717, 1.165) is 10.1 Å². The van der Waals surface area contributed by atoms with Gasteiger partial charge in [0.2, 0.25) is 5.95 Å². The van der Waals surface area contributed by atoms with Crippen molar-refractivity contribution in [1.82, 2.24) is 33.7 Å². The highest BCUT2D eigenvalue weighted by molar-refractivity contribution is 5.78. The maximum Gasteiger partial charge on any atom is 0.332 e. The molecule has 5 aromatic rings. The zero-order valence-electron chi connectivity index (χ0n) is 17.7. The summed E-state index contributed by atoms with van der Waals surface area (Å²) in [6, 6.07) is 13.2. The molecular weight excluding hydrogens is 429 g/mol. The van der Waals surface area contributed by atoms with Crippen LogP contribution >= 0.6 is 0 Å². The van der Waals surface area contributed by atoms with E-state index >= 15 is 0 Å². The van der Waals surface area contributed by atoms with Gasteiger partial charge in [-0.25, -0.2) is 9.18 Å². The number of rotatable bonds is 6. The summed E-state index contributed by atoms with van der Waals surface area (Å²) in [6.07, 6.45) is 0.257. The quantitative estimate of drug-likeness (QED) is 0.417. The van der Waals surface area contributed by atoms with Gasteiger partial charge in [0.25, 0.3) is 5.56 Å². The number of aliphatic hydroxyl groups is 1. The number of aliphatic hydroxyl groups excluding tert-OH is 1. The molecule has 0 atom stereocenters. The van der Waals surface area contributed by atoms with Gasteiger partial charge in [-0.1, -0.05) is 29.5 Å². The van der Waals surface area contributed by atoms with Gasteiger partial charge in [-0.15, -0.1) is 5.10 Å². The Morgan fingerprint density at radius 1 is 1.03 bits per heavy atom. The number of hydrogen-bond acceptors (Lipinski definition) is 6. The van der Waals surface area contributed by atoms with Crippen molar-refractivity contribution in [2.45, 2.75) is 19.5 Å². The molecule has 0 saturated heterocycles. The molecule has 0 aliphatic carbocycles. The normalized spacial score (nSPS) is 11.6. The number of aryl methyl sites for hydroxylation is 1. The van der Waals surface area contributed by atoms with Crippen molar-refractivity contribution in [2.24, 2.45) is 7.05 Å². The van der Waals surface area contributed by atoms with Crippen LogP contribution in [0, 0.1) is 5.82 Å². The second-order valence-corrected chi connectivity index (χ2v) is 7.66. The van der Waals surface area contributed by atoms with Crippen LogP contribution in [0.15, 0.2) is 58.1 Å². The zero-order chi connectivity index (χ0) is 23.1. The van der Waals surface area contributed by atoms with Crippen molar-refractivity contribution in [1.29, 1.82) is 0 Å². The average molecular weight is 449 g/mol. The summed E-state index contributed by atoms with van der Waals surface area (Å²) in [6.45, 7) is 0.105. The standard InChI is InChI=1S/C22H20FN7O3/c1-27-19-18(20(32)28(22(27)33)11-4-12-31)29(13-14-7-9-15(23)10-8-14)21(24-19)30-17-6-3-2-5-16(17)25-26-30/h2-3,5-10,31H,4,11-13H2,1H3.